The Morgan fingerprint density at radius 3 is 2.45 bits per heavy atom. The van der Waals surface area contributed by atoms with Gasteiger partial charge >= 0.3 is 6.36 Å². The maximum absolute atomic E-state index is 12.4. The number of hydrogen-bond acceptors (Lipinski definition) is 7. The molecule has 0 radical (unpaired) electrons. The highest BCUT2D eigenvalue weighted by Crippen LogP contribution is 2.27. The number of halogens is 3. The molecule has 0 bridgehead atoms. The number of anilines is 4. The van der Waals surface area contributed by atoms with Crippen molar-refractivity contribution in [2.45, 2.75) is 6.36 Å². The molecule has 0 amide bonds. The lowest BCUT2D eigenvalue weighted by Crippen LogP contribution is -2.17. The van der Waals surface area contributed by atoms with E-state index in [4.69, 9.17) is 0 Å². The first kappa shape index (κ1) is 20.4. The van der Waals surface area contributed by atoms with Crippen LogP contribution in [0.15, 0.2) is 72.9 Å². The number of benzene rings is 3. The van der Waals surface area contributed by atoms with Gasteiger partial charge in [-0.25, -0.2) is 4.98 Å². The van der Waals surface area contributed by atoms with Crippen molar-refractivity contribution in [3.05, 3.63) is 72.9 Å². The third-order valence-electron chi connectivity index (χ3n) is 4.71. The van der Waals surface area contributed by atoms with Gasteiger partial charge in [0.25, 0.3) is 0 Å². The predicted molar refractivity (Wildman–Crippen MR) is 119 cm³/mol. The Morgan fingerprint density at radius 2 is 1.64 bits per heavy atom. The van der Waals surface area contributed by atoms with Gasteiger partial charge in [0.2, 0.25) is 5.95 Å². The number of fused-ring (bicyclic) bond motifs is 2. The molecule has 0 atom stereocenters. The van der Waals surface area contributed by atoms with Crippen LogP contribution in [0.5, 0.6) is 5.75 Å². The summed E-state index contributed by atoms with van der Waals surface area (Å²) in [6.07, 6.45) is -3.01. The SMILES string of the molecule is FC(F)(F)Oc1ccc(Nc2nc(NNc3ccc4[nH]ncc4c3)c3ccccc3n2)cc1. The Bertz CT molecular complexity index is 1420. The zero-order chi connectivity index (χ0) is 22.8. The molecular formula is C22H16F3N7O. The molecule has 0 aliphatic heterocycles. The quantitative estimate of drug-likeness (QED) is 0.250. The number of rotatable bonds is 6. The molecule has 0 saturated heterocycles. The Morgan fingerprint density at radius 1 is 0.848 bits per heavy atom. The van der Waals surface area contributed by atoms with Crippen LogP contribution in [0.4, 0.5) is 36.3 Å². The third kappa shape index (κ3) is 4.71. The fourth-order valence-corrected chi connectivity index (χ4v) is 3.25. The second-order valence-corrected chi connectivity index (χ2v) is 7.03. The largest absolute Gasteiger partial charge is 0.573 e. The summed E-state index contributed by atoms with van der Waals surface area (Å²) in [6, 6.07) is 18.5. The van der Waals surface area contributed by atoms with Crippen molar-refractivity contribution < 1.29 is 17.9 Å². The van der Waals surface area contributed by atoms with Crippen molar-refractivity contribution in [3.63, 3.8) is 0 Å². The van der Waals surface area contributed by atoms with Gasteiger partial charge in [0, 0.05) is 16.5 Å². The van der Waals surface area contributed by atoms with E-state index in [1.165, 1.54) is 24.3 Å². The van der Waals surface area contributed by atoms with E-state index in [1.807, 2.05) is 42.5 Å². The van der Waals surface area contributed by atoms with Gasteiger partial charge in [0.1, 0.15) is 5.75 Å². The highest BCUT2D eigenvalue weighted by Gasteiger charge is 2.30. The van der Waals surface area contributed by atoms with Crippen LogP contribution in [0.25, 0.3) is 21.8 Å². The molecule has 8 nitrogen and oxygen atoms in total. The molecule has 5 rings (SSSR count). The summed E-state index contributed by atoms with van der Waals surface area (Å²) in [5, 5.41) is 11.7. The summed E-state index contributed by atoms with van der Waals surface area (Å²) < 4.78 is 41.0. The number of ether oxygens (including phenoxy) is 1. The Kier molecular flexibility index (Phi) is 5.05. The van der Waals surface area contributed by atoms with Gasteiger partial charge in [0.15, 0.2) is 5.82 Å². The number of H-pyrrole nitrogens is 1. The first-order chi connectivity index (χ1) is 15.9. The lowest BCUT2D eigenvalue weighted by Gasteiger charge is -2.14. The van der Waals surface area contributed by atoms with Crippen LogP contribution in [-0.2, 0) is 0 Å². The van der Waals surface area contributed by atoms with Gasteiger partial charge < -0.3 is 10.1 Å². The number of para-hydroxylation sites is 1. The van der Waals surface area contributed by atoms with Gasteiger partial charge in [-0.15, -0.1) is 13.2 Å². The molecule has 0 spiro atoms. The van der Waals surface area contributed by atoms with E-state index < -0.39 is 6.36 Å². The lowest BCUT2D eigenvalue weighted by atomic mass is 10.2. The fourth-order valence-electron chi connectivity index (χ4n) is 3.25. The van der Waals surface area contributed by atoms with E-state index in [0.717, 1.165) is 22.0 Å². The molecule has 0 aliphatic rings. The van der Waals surface area contributed by atoms with E-state index >= 15 is 0 Å². The molecule has 0 aliphatic carbocycles. The summed E-state index contributed by atoms with van der Waals surface area (Å²) in [5.41, 5.74) is 9.14. The van der Waals surface area contributed by atoms with E-state index in [2.05, 4.69) is 41.1 Å². The molecule has 0 saturated carbocycles. The average Bonchev–Trinajstić information content (AvgIpc) is 3.26. The average molecular weight is 451 g/mol. The lowest BCUT2D eigenvalue weighted by molar-refractivity contribution is -0.274. The van der Waals surface area contributed by atoms with Crippen LogP contribution in [0.1, 0.15) is 0 Å². The first-order valence-corrected chi connectivity index (χ1v) is 9.78. The predicted octanol–water partition coefficient (Wildman–Crippen LogP) is 5.59. The molecule has 11 heteroatoms. The monoisotopic (exact) mass is 451 g/mol. The Labute approximate surface area is 184 Å². The molecule has 4 N–H and O–H groups in total. The highest BCUT2D eigenvalue weighted by atomic mass is 19.4. The molecule has 33 heavy (non-hydrogen) atoms. The molecule has 2 aromatic heterocycles. The summed E-state index contributed by atoms with van der Waals surface area (Å²) in [4.78, 5) is 9.01. The van der Waals surface area contributed by atoms with Crippen LogP contribution in [0.2, 0.25) is 0 Å². The number of nitrogens with one attached hydrogen (secondary N) is 4. The molecule has 3 aromatic carbocycles. The fraction of sp³-hybridized carbons (Fsp3) is 0.0455. The Balaban J connectivity index is 1.38. The van der Waals surface area contributed by atoms with Crippen molar-refractivity contribution >= 4 is 44.9 Å². The molecule has 5 aromatic rings. The van der Waals surface area contributed by atoms with E-state index in [9.17, 15) is 13.2 Å². The number of hydrogen-bond donors (Lipinski definition) is 4. The number of aromatic amines is 1. The van der Waals surface area contributed by atoms with Crippen LogP contribution in [0, 0.1) is 0 Å². The van der Waals surface area contributed by atoms with Crippen molar-refractivity contribution in [1.29, 1.82) is 0 Å². The minimum absolute atomic E-state index is 0.271. The smallest absolute Gasteiger partial charge is 0.406 e. The van der Waals surface area contributed by atoms with E-state index in [-0.39, 0.29) is 11.7 Å². The van der Waals surface area contributed by atoms with E-state index in [1.54, 1.807) is 6.20 Å². The van der Waals surface area contributed by atoms with Gasteiger partial charge in [-0.1, -0.05) is 12.1 Å². The molecule has 166 valence electrons. The van der Waals surface area contributed by atoms with E-state index in [0.29, 0.717) is 17.0 Å². The molecule has 0 fully saturated rings. The zero-order valence-electron chi connectivity index (χ0n) is 16.8. The van der Waals surface area contributed by atoms with Crippen LogP contribution < -0.4 is 20.9 Å². The number of nitrogens with zero attached hydrogens (tertiary/aromatic N) is 3. The number of aromatic nitrogens is 4. The normalized spacial score (nSPS) is 11.5. The van der Waals surface area contributed by atoms with Crippen LogP contribution >= 0.6 is 0 Å². The summed E-state index contributed by atoms with van der Waals surface area (Å²) in [7, 11) is 0. The van der Waals surface area contributed by atoms with Crippen molar-refractivity contribution in [3.8, 4) is 5.75 Å². The van der Waals surface area contributed by atoms with Crippen molar-refractivity contribution in [2.75, 3.05) is 16.2 Å². The maximum Gasteiger partial charge on any atom is 0.573 e. The van der Waals surface area contributed by atoms with Crippen LogP contribution in [0.3, 0.4) is 0 Å². The standard InChI is InChI=1S/C22H16F3N7O/c23-22(24,25)33-16-8-5-14(6-9-16)27-21-28-19-4-2-1-3-17(19)20(29-21)32-30-15-7-10-18-13(11-15)12-26-31-18/h1-12,30H,(H,26,31)(H2,27,28,29,32). The maximum atomic E-state index is 12.4. The molecular weight excluding hydrogens is 435 g/mol. The first-order valence-electron chi connectivity index (χ1n) is 9.78. The topological polar surface area (TPSA) is 99.8 Å². The van der Waals surface area contributed by atoms with Gasteiger partial charge in [-0.3, -0.25) is 16.0 Å². The zero-order valence-corrected chi connectivity index (χ0v) is 16.8. The summed E-state index contributed by atoms with van der Waals surface area (Å²) >= 11 is 0. The highest BCUT2D eigenvalue weighted by molar-refractivity contribution is 5.91. The van der Waals surface area contributed by atoms with Gasteiger partial charge in [-0.2, -0.15) is 10.1 Å². The van der Waals surface area contributed by atoms with Gasteiger partial charge in [0.05, 0.1) is 22.9 Å². The third-order valence-corrected chi connectivity index (χ3v) is 4.71. The Hall–Kier alpha value is -4.54. The number of hydrazine groups is 1. The number of alkyl halides is 3. The minimum atomic E-state index is -4.74. The summed E-state index contributed by atoms with van der Waals surface area (Å²) in [6.45, 7) is 0. The second kappa shape index (κ2) is 8.19. The van der Waals surface area contributed by atoms with Gasteiger partial charge in [-0.05, 0) is 54.6 Å². The second-order valence-electron chi connectivity index (χ2n) is 7.03. The summed E-state index contributed by atoms with van der Waals surface area (Å²) in [5.74, 6) is 0.480. The van der Waals surface area contributed by atoms with Crippen molar-refractivity contribution in [2.24, 2.45) is 0 Å². The molecule has 0 unspecified atom stereocenters. The molecule has 2 heterocycles. The van der Waals surface area contributed by atoms with Crippen LogP contribution in [-0.4, -0.2) is 26.5 Å². The van der Waals surface area contributed by atoms with Crippen molar-refractivity contribution in [1.82, 2.24) is 20.2 Å². The minimum Gasteiger partial charge on any atom is -0.406 e.